The lowest BCUT2D eigenvalue weighted by molar-refractivity contribution is 0.234. The van der Waals surface area contributed by atoms with E-state index >= 15 is 0 Å². The summed E-state index contributed by atoms with van der Waals surface area (Å²) >= 11 is 0. The van der Waals surface area contributed by atoms with Crippen LogP contribution in [0.15, 0.2) is 48.5 Å². The zero-order valence-electron chi connectivity index (χ0n) is 13.2. The standard InChI is InChI=1S/C17H20N2O4/c1-3-22-13-8-10-14(11-9-13)23-12-18-17(20)19-15-6-4-5-7-16(15)21-2/h4-11H,3,12H2,1-2H3,(H2,18,19,20). The monoisotopic (exact) mass is 316 g/mol. The molecule has 2 amide bonds. The van der Waals surface area contributed by atoms with E-state index in [1.165, 1.54) is 0 Å². The molecule has 0 fully saturated rings. The van der Waals surface area contributed by atoms with Crippen molar-refractivity contribution < 1.29 is 19.0 Å². The fraction of sp³-hybridized carbons (Fsp3) is 0.235. The maximum absolute atomic E-state index is 11.8. The molecule has 2 aromatic carbocycles. The molecule has 0 atom stereocenters. The Morgan fingerprint density at radius 3 is 2.30 bits per heavy atom. The minimum absolute atomic E-state index is 0.0506. The van der Waals surface area contributed by atoms with Crippen LogP contribution in [0.1, 0.15) is 6.92 Å². The maximum atomic E-state index is 11.8. The molecule has 2 N–H and O–H groups in total. The zero-order valence-corrected chi connectivity index (χ0v) is 13.2. The Labute approximate surface area is 135 Å². The van der Waals surface area contributed by atoms with Gasteiger partial charge in [-0.25, -0.2) is 4.79 Å². The molecular formula is C17H20N2O4. The molecule has 0 saturated carbocycles. The van der Waals surface area contributed by atoms with E-state index < -0.39 is 0 Å². The number of hydrogen-bond acceptors (Lipinski definition) is 4. The van der Waals surface area contributed by atoms with E-state index in [2.05, 4.69) is 10.6 Å². The first-order valence-electron chi connectivity index (χ1n) is 7.26. The first kappa shape index (κ1) is 16.5. The van der Waals surface area contributed by atoms with E-state index in [-0.39, 0.29) is 12.8 Å². The molecule has 0 saturated heterocycles. The van der Waals surface area contributed by atoms with Crippen LogP contribution in [0.4, 0.5) is 10.5 Å². The molecule has 0 aliphatic heterocycles. The third-order valence-corrected chi connectivity index (χ3v) is 2.96. The van der Waals surface area contributed by atoms with E-state index in [9.17, 15) is 4.79 Å². The number of carbonyl (C=O) groups is 1. The topological polar surface area (TPSA) is 68.8 Å². The quantitative estimate of drug-likeness (QED) is 0.769. The number of hydrogen-bond donors (Lipinski definition) is 2. The second-order valence-corrected chi connectivity index (χ2v) is 4.52. The molecular weight excluding hydrogens is 296 g/mol. The van der Waals surface area contributed by atoms with Gasteiger partial charge in [0.1, 0.15) is 17.2 Å². The Balaban J connectivity index is 1.78. The van der Waals surface area contributed by atoms with E-state index in [1.54, 1.807) is 31.4 Å². The summed E-state index contributed by atoms with van der Waals surface area (Å²) in [6.45, 7) is 2.59. The van der Waals surface area contributed by atoms with Crippen LogP contribution in [0.3, 0.4) is 0 Å². The molecule has 0 aliphatic rings. The second kappa shape index (κ2) is 8.53. The van der Waals surface area contributed by atoms with Crippen molar-refractivity contribution in [3.8, 4) is 17.2 Å². The maximum Gasteiger partial charge on any atom is 0.321 e. The first-order valence-corrected chi connectivity index (χ1v) is 7.26. The molecule has 2 rings (SSSR count). The summed E-state index contributed by atoms with van der Waals surface area (Å²) in [6, 6.07) is 14.0. The van der Waals surface area contributed by atoms with E-state index in [1.807, 2.05) is 31.2 Å². The highest BCUT2D eigenvalue weighted by Gasteiger charge is 2.06. The van der Waals surface area contributed by atoms with Crippen molar-refractivity contribution >= 4 is 11.7 Å². The first-order chi connectivity index (χ1) is 11.2. The van der Waals surface area contributed by atoms with Gasteiger partial charge in [0.05, 0.1) is 19.4 Å². The number of amides is 2. The predicted octanol–water partition coefficient (Wildman–Crippen LogP) is 3.25. The van der Waals surface area contributed by atoms with Crippen LogP contribution in [0.25, 0.3) is 0 Å². The number of para-hydroxylation sites is 2. The largest absolute Gasteiger partial charge is 0.495 e. The van der Waals surface area contributed by atoms with Crippen LogP contribution in [0.5, 0.6) is 17.2 Å². The van der Waals surface area contributed by atoms with Crippen molar-refractivity contribution in [2.24, 2.45) is 0 Å². The van der Waals surface area contributed by atoms with Gasteiger partial charge in [0.25, 0.3) is 0 Å². The van der Waals surface area contributed by atoms with Gasteiger partial charge in [0.15, 0.2) is 6.73 Å². The SMILES string of the molecule is CCOc1ccc(OCNC(=O)Nc2ccccc2OC)cc1. The summed E-state index contributed by atoms with van der Waals surface area (Å²) in [5.74, 6) is 2.02. The summed E-state index contributed by atoms with van der Waals surface area (Å²) in [4.78, 5) is 11.8. The molecule has 6 nitrogen and oxygen atoms in total. The Kier molecular flexibility index (Phi) is 6.11. The van der Waals surface area contributed by atoms with Gasteiger partial charge in [-0.05, 0) is 43.3 Å². The molecule has 122 valence electrons. The van der Waals surface area contributed by atoms with Crippen molar-refractivity contribution in [2.45, 2.75) is 6.92 Å². The lowest BCUT2D eigenvalue weighted by Gasteiger charge is -2.12. The lowest BCUT2D eigenvalue weighted by Crippen LogP contribution is -2.32. The van der Waals surface area contributed by atoms with Crippen molar-refractivity contribution in [1.82, 2.24) is 5.32 Å². The molecule has 0 unspecified atom stereocenters. The summed E-state index contributed by atoms with van der Waals surface area (Å²) in [7, 11) is 1.55. The average Bonchev–Trinajstić information content (AvgIpc) is 2.57. The highest BCUT2D eigenvalue weighted by Crippen LogP contribution is 2.22. The van der Waals surface area contributed by atoms with Gasteiger partial charge >= 0.3 is 6.03 Å². The van der Waals surface area contributed by atoms with Gasteiger partial charge in [0.2, 0.25) is 0 Å². The van der Waals surface area contributed by atoms with Gasteiger partial charge in [-0.2, -0.15) is 0 Å². The number of nitrogens with one attached hydrogen (secondary N) is 2. The smallest absolute Gasteiger partial charge is 0.321 e. The van der Waals surface area contributed by atoms with Gasteiger partial charge in [-0.1, -0.05) is 12.1 Å². The van der Waals surface area contributed by atoms with Gasteiger partial charge < -0.3 is 24.8 Å². The van der Waals surface area contributed by atoms with E-state index in [0.29, 0.717) is 23.8 Å². The molecule has 0 aliphatic carbocycles. The third kappa shape index (κ3) is 5.10. The van der Waals surface area contributed by atoms with Crippen molar-refractivity contribution in [3.05, 3.63) is 48.5 Å². The molecule has 6 heteroatoms. The minimum atomic E-state index is -0.375. The van der Waals surface area contributed by atoms with Gasteiger partial charge in [-0.3, -0.25) is 0 Å². The van der Waals surface area contributed by atoms with Crippen LogP contribution in [0, 0.1) is 0 Å². The molecule has 0 radical (unpaired) electrons. The molecule has 23 heavy (non-hydrogen) atoms. The van der Waals surface area contributed by atoms with Crippen molar-refractivity contribution in [2.75, 3.05) is 25.8 Å². The molecule has 0 spiro atoms. The van der Waals surface area contributed by atoms with Crippen LogP contribution in [0.2, 0.25) is 0 Å². The summed E-state index contributed by atoms with van der Waals surface area (Å²) in [5.41, 5.74) is 0.591. The number of methoxy groups -OCH3 is 1. The van der Waals surface area contributed by atoms with E-state index in [0.717, 1.165) is 5.75 Å². The fourth-order valence-corrected chi connectivity index (χ4v) is 1.90. The van der Waals surface area contributed by atoms with Crippen molar-refractivity contribution in [3.63, 3.8) is 0 Å². The molecule has 0 heterocycles. The Morgan fingerprint density at radius 2 is 1.65 bits per heavy atom. The zero-order chi connectivity index (χ0) is 16.5. The van der Waals surface area contributed by atoms with Gasteiger partial charge in [0, 0.05) is 0 Å². The van der Waals surface area contributed by atoms with Gasteiger partial charge in [-0.15, -0.1) is 0 Å². The molecule has 0 bridgehead atoms. The summed E-state index contributed by atoms with van der Waals surface area (Å²) in [6.07, 6.45) is 0. The Hall–Kier alpha value is -2.89. The van der Waals surface area contributed by atoms with Crippen LogP contribution in [-0.2, 0) is 0 Å². The Bertz CT molecular complexity index is 629. The predicted molar refractivity (Wildman–Crippen MR) is 88.3 cm³/mol. The lowest BCUT2D eigenvalue weighted by atomic mass is 10.3. The highest BCUT2D eigenvalue weighted by molar-refractivity contribution is 5.90. The van der Waals surface area contributed by atoms with Crippen LogP contribution < -0.4 is 24.8 Å². The number of urea groups is 1. The highest BCUT2D eigenvalue weighted by atomic mass is 16.5. The van der Waals surface area contributed by atoms with Crippen LogP contribution >= 0.6 is 0 Å². The average molecular weight is 316 g/mol. The number of benzene rings is 2. The molecule has 2 aromatic rings. The third-order valence-electron chi connectivity index (χ3n) is 2.96. The second-order valence-electron chi connectivity index (χ2n) is 4.52. The van der Waals surface area contributed by atoms with Crippen LogP contribution in [-0.4, -0.2) is 26.5 Å². The molecule has 0 aromatic heterocycles. The normalized spacial score (nSPS) is 9.83. The Morgan fingerprint density at radius 1 is 1.00 bits per heavy atom. The van der Waals surface area contributed by atoms with E-state index in [4.69, 9.17) is 14.2 Å². The minimum Gasteiger partial charge on any atom is -0.495 e. The summed E-state index contributed by atoms with van der Waals surface area (Å²) in [5, 5.41) is 5.31. The fourth-order valence-electron chi connectivity index (χ4n) is 1.90. The number of rotatable bonds is 7. The number of carbonyl (C=O) groups excluding carboxylic acids is 1. The number of ether oxygens (including phenoxy) is 3. The number of anilines is 1. The summed E-state index contributed by atoms with van der Waals surface area (Å²) < 4.78 is 16.0. The van der Waals surface area contributed by atoms with Crippen molar-refractivity contribution in [1.29, 1.82) is 0 Å².